The summed E-state index contributed by atoms with van der Waals surface area (Å²) in [4.78, 5) is 0.935. The SMILES string of the molecule is CC(=S)NC(C)C1CCCC1. The van der Waals surface area contributed by atoms with Crippen LogP contribution in [0.25, 0.3) is 0 Å². The summed E-state index contributed by atoms with van der Waals surface area (Å²) >= 11 is 5.00. The van der Waals surface area contributed by atoms with Crippen LogP contribution in [0.5, 0.6) is 0 Å². The summed E-state index contributed by atoms with van der Waals surface area (Å²) in [6.07, 6.45) is 5.59. The molecule has 1 N–H and O–H groups in total. The average Bonchev–Trinajstić information content (AvgIpc) is 2.35. The van der Waals surface area contributed by atoms with Crippen molar-refractivity contribution in [3.05, 3.63) is 0 Å². The Morgan fingerprint density at radius 3 is 2.45 bits per heavy atom. The van der Waals surface area contributed by atoms with Crippen molar-refractivity contribution in [3.63, 3.8) is 0 Å². The Morgan fingerprint density at radius 1 is 1.45 bits per heavy atom. The second kappa shape index (κ2) is 4.05. The molecule has 1 saturated carbocycles. The zero-order valence-electron chi connectivity index (χ0n) is 7.39. The van der Waals surface area contributed by atoms with Crippen molar-refractivity contribution in [1.29, 1.82) is 0 Å². The molecule has 0 aliphatic heterocycles. The molecule has 1 fully saturated rings. The summed E-state index contributed by atoms with van der Waals surface area (Å²) in [6, 6.07) is 0.593. The summed E-state index contributed by atoms with van der Waals surface area (Å²) in [7, 11) is 0. The minimum Gasteiger partial charge on any atom is -0.377 e. The van der Waals surface area contributed by atoms with Gasteiger partial charge in [-0.2, -0.15) is 0 Å². The second-order valence-electron chi connectivity index (χ2n) is 3.53. The molecular formula is C9H17NS. The van der Waals surface area contributed by atoms with Gasteiger partial charge in [0.05, 0.1) is 4.99 Å². The van der Waals surface area contributed by atoms with Gasteiger partial charge >= 0.3 is 0 Å². The van der Waals surface area contributed by atoms with Crippen molar-refractivity contribution < 1.29 is 0 Å². The quantitative estimate of drug-likeness (QED) is 0.641. The van der Waals surface area contributed by atoms with Gasteiger partial charge in [-0.1, -0.05) is 25.1 Å². The van der Waals surface area contributed by atoms with Gasteiger partial charge in [0.25, 0.3) is 0 Å². The monoisotopic (exact) mass is 171 g/mol. The predicted octanol–water partition coefficient (Wildman–Crippen LogP) is 2.50. The third-order valence-electron chi connectivity index (χ3n) is 2.54. The molecule has 0 spiro atoms. The van der Waals surface area contributed by atoms with E-state index >= 15 is 0 Å². The highest BCUT2D eigenvalue weighted by atomic mass is 32.1. The lowest BCUT2D eigenvalue weighted by Crippen LogP contribution is -2.34. The van der Waals surface area contributed by atoms with Gasteiger partial charge in [0.1, 0.15) is 0 Å². The zero-order valence-corrected chi connectivity index (χ0v) is 8.21. The molecule has 0 bridgehead atoms. The zero-order chi connectivity index (χ0) is 8.27. The highest BCUT2D eigenvalue weighted by molar-refractivity contribution is 7.80. The largest absolute Gasteiger partial charge is 0.377 e. The smallest absolute Gasteiger partial charge is 0.0724 e. The molecule has 0 heterocycles. The number of nitrogens with one attached hydrogen (secondary N) is 1. The minimum atomic E-state index is 0.593. The normalized spacial score (nSPS) is 21.6. The van der Waals surface area contributed by atoms with E-state index in [0.717, 1.165) is 10.9 Å². The van der Waals surface area contributed by atoms with Gasteiger partial charge in [-0.25, -0.2) is 0 Å². The van der Waals surface area contributed by atoms with Crippen molar-refractivity contribution in [3.8, 4) is 0 Å². The van der Waals surface area contributed by atoms with Crippen molar-refractivity contribution >= 4 is 17.2 Å². The number of hydrogen-bond donors (Lipinski definition) is 1. The highest BCUT2D eigenvalue weighted by Crippen LogP contribution is 2.27. The molecule has 1 unspecified atom stereocenters. The molecule has 2 heteroatoms. The van der Waals surface area contributed by atoms with E-state index in [1.807, 2.05) is 6.92 Å². The van der Waals surface area contributed by atoms with E-state index in [1.165, 1.54) is 25.7 Å². The Kier molecular flexibility index (Phi) is 3.31. The van der Waals surface area contributed by atoms with E-state index in [2.05, 4.69) is 12.2 Å². The van der Waals surface area contributed by atoms with Gasteiger partial charge in [0.2, 0.25) is 0 Å². The molecule has 1 aliphatic rings. The molecule has 1 atom stereocenters. The average molecular weight is 171 g/mol. The molecule has 1 aliphatic carbocycles. The summed E-state index contributed by atoms with van der Waals surface area (Å²) in [5.41, 5.74) is 0. The van der Waals surface area contributed by atoms with Crippen LogP contribution < -0.4 is 5.32 Å². The highest BCUT2D eigenvalue weighted by Gasteiger charge is 2.20. The van der Waals surface area contributed by atoms with Gasteiger partial charge in [-0.15, -0.1) is 0 Å². The molecule has 1 rings (SSSR count). The van der Waals surface area contributed by atoms with E-state index in [9.17, 15) is 0 Å². The molecule has 0 aromatic carbocycles. The van der Waals surface area contributed by atoms with E-state index < -0.39 is 0 Å². The van der Waals surface area contributed by atoms with Crippen LogP contribution in [0.1, 0.15) is 39.5 Å². The fourth-order valence-corrected chi connectivity index (χ4v) is 2.08. The fraction of sp³-hybridized carbons (Fsp3) is 0.889. The maximum Gasteiger partial charge on any atom is 0.0724 e. The molecule has 0 amide bonds. The first-order valence-corrected chi connectivity index (χ1v) is 4.88. The van der Waals surface area contributed by atoms with Gasteiger partial charge in [0.15, 0.2) is 0 Å². The third-order valence-corrected chi connectivity index (χ3v) is 2.66. The Labute approximate surface area is 74.6 Å². The van der Waals surface area contributed by atoms with Crippen LogP contribution in [0, 0.1) is 5.92 Å². The van der Waals surface area contributed by atoms with E-state index in [-0.39, 0.29) is 0 Å². The number of rotatable bonds is 2. The van der Waals surface area contributed by atoms with Crippen LogP contribution in [-0.2, 0) is 0 Å². The van der Waals surface area contributed by atoms with Crippen LogP contribution in [0.15, 0.2) is 0 Å². The Bertz CT molecular complexity index is 138. The number of thiocarbonyl (C=S) groups is 1. The molecule has 0 aromatic heterocycles. The Morgan fingerprint density at radius 2 is 2.00 bits per heavy atom. The van der Waals surface area contributed by atoms with Crippen molar-refractivity contribution in [2.45, 2.75) is 45.6 Å². The lowest BCUT2D eigenvalue weighted by molar-refractivity contribution is 0.427. The summed E-state index contributed by atoms with van der Waals surface area (Å²) in [6.45, 7) is 4.20. The Balaban J connectivity index is 2.28. The molecule has 0 saturated heterocycles. The molecule has 11 heavy (non-hydrogen) atoms. The van der Waals surface area contributed by atoms with Crippen molar-refractivity contribution in [1.82, 2.24) is 5.32 Å². The van der Waals surface area contributed by atoms with E-state index in [1.54, 1.807) is 0 Å². The van der Waals surface area contributed by atoms with Crippen LogP contribution in [0.4, 0.5) is 0 Å². The van der Waals surface area contributed by atoms with E-state index in [0.29, 0.717) is 6.04 Å². The van der Waals surface area contributed by atoms with Crippen LogP contribution in [0.3, 0.4) is 0 Å². The summed E-state index contributed by atoms with van der Waals surface area (Å²) < 4.78 is 0. The molecule has 64 valence electrons. The lowest BCUT2D eigenvalue weighted by Gasteiger charge is -2.20. The van der Waals surface area contributed by atoms with E-state index in [4.69, 9.17) is 12.2 Å². The maximum absolute atomic E-state index is 5.00. The van der Waals surface area contributed by atoms with Gasteiger partial charge in [0, 0.05) is 6.04 Å². The molecule has 0 radical (unpaired) electrons. The topological polar surface area (TPSA) is 12.0 Å². The third kappa shape index (κ3) is 2.78. The minimum absolute atomic E-state index is 0.593. The first kappa shape index (κ1) is 8.98. The van der Waals surface area contributed by atoms with Crippen molar-refractivity contribution in [2.75, 3.05) is 0 Å². The molecular weight excluding hydrogens is 154 g/mol. The summed E-state index contributed by atoms with van der Waals surface area (Å²) in [5, 5.41) is 3.32. The Hall–Kier alpha value is -0.110. The van der Waals surface area contributed by atoms with Gasteiger partial charge in [-0.3, -0.25) is 0 Å². The first-order valence-electron chi connectivity index (χ1n) is 4.47. The number of hydrogen-bond acceptors (Lipinski definition) is 1. The fourth-order valence-electron chi connectivity index (χ4n) is 1.90. The predicted molar refractivity (Wildman–Crippen MR) is 52.8 cm³/mol. The maximum atomic E-state index is 5.00. The molecule has 1 nitrogen and oxygen atoms in total. The lowest BCUT2D eigenvalue weighted by atomic mass is 10.00. The van der Waals surface area contributed by atoms with Crippen LogP contribution in [-0.4, -0.2) is 11.0 Å². The first-order chi connectivity index (χ1) is 5.20. The standard InChI is InChI=1S/C9H17NS/c1-7(10-8(2)11)9-5-3-4-6-9/h7,9H,3-6H2,1-2H3,(H,10,11). The summed E-state index contributed by atoms with van der Waals surface area (Å²) in [5.74, 6) is 0.868. The molecule has 0 aromatic rings. The van der Waals surface area contributed by atoms with Gasteiger partial charge < -0.3 is 5.32 Å². The van der Waals surface area contributed by atoms with Crippen LogP contribution >= 0.6 is 12.2 Å². The van der Waals surface area contributed by atoms with Crippen LogP contribution in [0.2, 0.25) is 0 Å². The van der Waals surface area contributed by atoms with Gasteiger partial charge in [-0.05, 0) is 32.6 Å². The van der Waals surface area contributed by atoms with Crippen molar-refractivity contribution in [2.24, 2.45) is 5.92 Å². The second-order valence-corrected chi connectivity index (χ2v) is 4.15.